The zero-order valence-corrected chi connectivity index (χ0v) is 12.1. The lowest BCUT2D eigenvalue weighted by molar-refractivity contribution is 0.250. The maximum Gasteiger partial charge on any atom is 0.126 e. The first-order valence-electron chi connectivity index (χ1n) is 7.25. The number of aryl methyl sites for hydroxylation is 2. The van der Waals surface area contributed by atoms with Crippen molar-refractivity contribution < 1.29 is 4.74 Å². The molecule has 0 saturated heterocycles. The number of ether oxygens (including phenoxy) is 1. The fourth-order valence-electron chi connectivity index (χ4n) is 2.74. The summed E-state index contributed by atoms with van der Waals surface area (Å²) in [5.41, 5.74) is 5.16. The van der Waals surface area contributed by atoms with Crippen molar-refractivity contribution in [1.82, 2.24) is 5.32 Å². The number of rotatable bonds is 3. The van der Waals surface area contributed by atoms with Gasteiger partial charge in [0.05, 0.1) is 6.61 Å². The molecule has 0 radical (unpaired) electrons. The molecule has 0 aromatic heterocycles. The van der Waals surface area contributed by atoms with Gasteiger partial charge in [0, 0.05) is 24.6 Å². The Hall–Kier alpha value is -1.80. The van der Waals surface area contributed by atoms with E-state index in [4.69, 9.17) is 4.74 Å². The third-order valence-electron chi connectivity index (χ3n) is 3.94. The monoisotopic (exact) mass is 267 g/mol. The summed E-state index contributed by atoms with van der Waals surface area (Å²) in [5, 5.41) is 3.66. The number of hydrogen-bond acceptors (Lipinski definition) is 2. The van der Waals surface area contributed by atoms with Gasteiger partial charge in [-0.05, 0) is 25.0 Å². The van der Waals surface area contributed by atoms with E-state index in [1.807, 2.05) is 0 Å². The van der Waals surface area contributed by atoms with Crippen molar-refractivity contribution in [3.8, 4) is 5.75 Å². The molecule has 1 aliphatic heterocycles. The van der Waals surface area contributed by atoms with Crippen molar-refractivity contribution in [3.05, 3.63) is 64.7 Å². The average molecular weight is 267 g/mol. The third-order valence-corrected chi connectivity index (χ3v) is 3.94. The van der Waals surface area contributed by atoms with E-state index >= 15 is 0 Å². The third kappa shape index (κ3) is 2.70. The summed E-state index contributed by atoms with van der Waals surface area (Å²) >= 11 is 0. The van der Waals surface area contributed by atoms with E-state index in [0.717, 1.165) is 25.3 Å². The number of nitrogens with one attached hydrogen (secondary N) is 1. The first kappa shape index (κ1) is 13.2. The van der Waals surface area contributed by atoms with Crippen LogP contribution in [0.15, 0.2) is 42.5 Å². The largest absolute Gasteiger partial charge is 0.493 e. The topological polar surface area (TPSA) is 21.3 Å². The molecule has 3 rings (SSSR count). The van der Waals surface area contributed by atoms with Gasteiger partial charge in [-0.2, -0.15) is 0 Å². The molecule has 104 valence electrons. The standard InChI is InChI=1S/C18H21NO/c1-13-6-8-15(9-7-13)12-19-17-10-11-20-18-14(2)4-3-5-16(17)18/h3-9,17,19H,10-12H2,1-2H3. The van der Waals surface area contributed by atoms with E-state index in [1.165, 1.54) is 22.3 Å². The number of hydrogen-bond donors (Lipinski definition) is 1. The molecule has 1 atom stereocenters. The lowest BCUT2D eigenvalue weighted by Crippen LogP contribution is -2.27. The van der Waals surface area contributed by atoms with Gasteiger partial charge in [0.2, 0.25) is 0 Å². The summed E-state index contributed by atoms with van der Waals surface area (Å²) in [6.45, 7) is 5.93. The van der Waals surface area contributed by atoms with Crippen LogP contribution in [0, 0.1) is 13.8 Å². The average Bonchev–Trinajstić information content (AvgIpc) is 2.47. The molecule has 0 fully saturated rings. The van der Waals surface area contributed by atoms with Crippen molar-refractivity contribution in [1.29, 1.82) is 0 Å². The number of para-hydroxylation sites is 1. The second-order valence-electron chi connectivity index (χ2n) is 5.55. The Labute approximate surface area is 120 Å². The zero-order valence-electron chi connectivity index (χ0n) is 12.1. The molecule has 0 aliphatic carbocycles. The second kappa shape index (κ2) is 5.68. The van der Waals surface area contributed by atoms with E-state index in [9.17, 15) is 0 Å². The molecule has 2 aromatic rings. The van der Waals surface area contributed by atoms with Gasteiger partial charge in [-0.1, -0.05) is 48.0 Å². The molecule has 0 bridgehead atoms. The molecular weight excluding hydrogens is 246 g/mol. The normalized spacial score (nSPS) is 17.4. The van der Waals surface area contributed by atoms with Gasteiger partial charge in [0.1, 0.15) is 5.75 Å². The minimum atomic E-state index is 0.389. The highest BCUT2D eigenvalue weighted by molar-refractivity contribution is 5.43. The molecule has 1 heterocycles. The molecule has 2 nitrogen and oxygen atoms in total. The van der Waals surface area contributed by atoms with Crippen LogP contribution in [0.5, 0.6) is 5.75 Å². The predicted octanol–water partition coefficient (Wildman–Crippen LogP) is 3.92. The maximum atomic E-state index is 5.81. The lowest BCUT2D eigenvalue weighted by Gasteiger charge is -2.28. The Bertz CT molecular complexity index is 589. The van der Waals surface area contributed by atoms with Crippen LogP contribution >= 0.6 is 0 Å². The van der Waals surface area contributed by atoms with Gasteiger partial charge in [0.25, 0.3) is 0 Å². The predicted molar refractivity (Wildman–Crippen MR) is 82.1 cm³/mol. The Morgan fingerprint density at radius 3 is 2.70 bits per heavy atom. The zero-order chi connectivity index (χ0) is 13.9. The van der Waals surface area contributed by atoms with Gasteiger partial charge >= 0.3 is 0 Å². The molecule has 0 amide bonds. The van der Waals surface area contributed by atoms with Gasteiger partial charge in [-0.15, -0.1) is 0 Å². The second-order valence-corrected chi connectivity index (χ2v) is 5.55. The Morgan fingerprint density at radius 1 is 1.10 bits per heavy atom. The van der Waals surface area contributed by atoms with Crippen molar-refractivity contribution >= 4 is 0 Å². The molecule has 1 aliphatic rings. The molecule has 1 unspecified atom stereocenters. The Balaban J connectivity index is 1.73. The summed E-state index contributed by atoms with van der Waals surface area (Å²) in [6, 6.07) is 15.5. The van der Waals surface area contributed by atoms with E-state index in [0.29, 0.717) is 6.04 Å². The quantitative estimate of drug-likeness (QED) is 0.910. The summed E-state index contributed by atoms with van der Waals surface area (Å²) in [7, 11) is 0. The van der Waals surface area contributed by atoms with Crippen LogP contribution < -0.4 is 10.1 Å². The highest BCUT2D eigenvalue weighted by atomic mass is 16.5. The first-order valence-corrected chi connectivity index (χ1v) is 7.25. The van der Waals surface area contributed by atoms with Crippen LogP contribution in [0.3, 0.4) is 0 Å². The minimum absolute atomic E-state index is 0.389. The van der Waals surface area contributed by atoms with Crippen LogP contribution in [-0.4, -0.2) is 6.61 Å². The summed E-state index contributed by atoms with van der Waals surface area (Å²) in [6.07, 6.45) is 1.03. The van der Waals surface area contributed by atoms with E-state index in [2.05, 4.69) is 61.6 Å². The van der Waals surface area contributed by atoms with Crippen molar-refractivity contribution in [2.75, 3.05) is 6.61 Å². The number of benzene rings is 2. The first-order chi connectivity index (χ1) is 9.74. The van der Waals surface area contributed by atoms with Crippen molar-refractivity contribution in [2.45, 2.75) is 32.9 Å². The fraction of sp³-hybridized carbons (Fsp3) is 0.333. The van der Waals surface area contributed by atoms with Crippen LogP contribution in [0.25, 0.3) is 0 Å². The Kier molecular flexibility index (Phi) is 3.75. The van der Waals surface area contributed by atoms with E-state index in [-0.39, 0.29) is 0 Å². The fourth-order valence-corrected chi connectivity index (χ4v) is 2.74. The van der Waals surface area contributed by atoms with Gasteiger partial charge < -0.3 is 10.1 Å². The van der Waals surface area contributed by atoms with Gasteiger partial charge in [0.15, 0.2) is 0 Å². The maximum absolute atomic E-state index is 5.81. The van der Waals surface area contributed by atoms with Gasteiger partial charge in [-0.25, -0.2) is 0 Å². The SMILES string of the molecule is Cc1ccc(CNC2CCOc3c(C)cccc32)cc1. The molecule has 20 heavy (non-hydrogen) atoms. The molecule has 2 heteroatoms. The smallest absolute Gasteiger partial charge is 0.126 e. The highest BCUT2D eigenvalue weighted by Crippen LogP contribution is 2.34. The summed E-state index contributed by atoms with van der Waals surface area (Å²) in [4.78, 5) is 0. The number of fused-ring (bicyclic) bond motifs is 1. The van der Waals surface area contributed by atoms with Crippen LogP contribution in [0.1, 0.15) is 34.7 Å². The lowest BCUT2D eigenvalue weighted by atomic mass is 9.97. The molecule has 0 saturated carbocycles. The summed E-state index contributed by atoms with van der Waals surface area (Å²) < 4.78 is 5.81. The van der Waals surface area contributed by atoms with Crippen LogP contribution in [0.2, 0.25) is 0 Å². The van der Waals surface area contributed by atoms with E-state index in [1.54, 1.807) is 0 Å². The summed E-state index contributed by atoms with van der Waals surface area (Å²) in [5.74, 6) is 1.07. The molecule has 0 spiro atoms. The molecule has 1 N–H and O–H groups in total. The van der Waals surface area contributed by atoms with E-state index < -0.39 is 0 Å². The Morgan fingerprint density at radius 2 is 1.90 bits per heavy atom. The van der Waals surface area contributed by atoms with Crippen LogP contribution in [0.4, 0.5) is 0 Å². The van der Waals surface area contributed by atoms with Gasteiger partial charge in [-0.3, -0.25) is 0 Å². The van der Waals surface area contributed by atoms with Crippen LogP contribution in [-0.2, 0) is 6.54 Å². The highest BCUT2D eigenvalue weighted by Gasteiger charge is 2.21. The van der Waals surface area contributed by atoms with Crippen molar-refractivity contribution in [3.63, 3.8) is 0 Å². The molecular formula is C18H21NO. The minimum Gasteiger partial charge on any atom is -0.493 e. The van der Waals surface area contributed by atoms with Crippen molar-refractivity contribution in [2.24, 2.45) is 0 Å². The molecule has 2 aromatic carbocycles.